The van der Waals surface area contributed by atoms with Gasteiger partial charge in [0.15, 0.2) is 0 Å². The first-order valence-electron chi connectivity index (χ1n) is 7.71. The van der Waals surface area contributed by atoms with E-state index in [1.807, 2.05) is 13.1 Å². The smallest absolute Gasteiger partial charge is 0.125 e. The fourth-order valence-electron chi connectivity index (χ4n) is 3.80. The van der Waals surface area contributed by atoms with Gasteiger partial charge in [-0.1, -0.05) is 6.07 Å². The molecule has 0 radical (unpaired) electrons. The summed E-state index contributed by atoms with van der Waals surface area (Å²) in [5.41, 5.74) is 4.87. The molecule has 1 saturated heterocycles. The first-order chi connectivity index (χ1) is 10.2. The quantitative estimate of drug-likeness (QED) is 0.848. The van der Waals surface area contributed by atoms with Crippen LogP contribution in [0.2, 0.25) is 0 Å². The fourth-order valence-corrected chi connectivity index (χ4v) is 3.80. The Morgan fingerprint density at radius 1 is 1.19 bits per heavy atom. The summed E-state index contributed by atoms with van der Waals surface area (Å²) in [7, 11) is 0. The average molecular weight is 280 g/mol. The highest BCUT2D eigenvalue weighted by Gasteiger charge is 2.40. The lowest BCUT2D eigenvalue weighted by Crippen LogP contribution is -2.37. The largest absolute Gasteiger partial charge is 0.287 e. The number of fused-ring (bicyclic) bond motifs is 4. The van der Waals surface area contributed by atoms with Crippen LogP contribution < -0.4 is 0 Å². The minimum atomic E-state index is 0.474. The van der Waals surface area contributed by atoms with Gasteiger partial charge in [0.1, 0.15) is 5.82 Å². The Bertz CT molecular complexity index is 682. The summed E-state index contributed by atoms with van der Waals surface area (Å²) in [6, 6.07) is 7.37. The van der Waals surface area contributed by atoms with E-state index in [2.05, 4.69) is 45.0 Å². The summed E-state index contributed by atoms with van der Waals surface area (Å²) < 4.78 is 0. The first-order valence-corrected chi connectivity index (χ1v) is 7.71. The monoisotopic (exact) mass is 280 g/mol. The van der Waals surface area contributed by atoms with Crippen molar-refractivity contribution in [1.82, 2.24) is 19.9 Å². The molecule has 2 bridgehead atoms. The minimum absolute atomic E-state index is 0.474. The molecule has 21 heavy (non-hydrogen) atoms. The Hall–Kier alpha value is -1.81. The number of nitrogens with zero attached hydrogens (tertiary/aromatic N) is 4. The molecule has 0 unspecified atom stereocenters. The highest BCUT2D eigenvalue weighted by molar-refractivity contribution is 5.29. The van der Waals surface area contributed by atoms with E-state index in [1.165, 1.54) is 29.8 Å². The van der Waals surface area contributed by atoms with Gasteiger partial charge in [-0.05, 0) is 38.8 Å². The second-order valence-electron chi connectivity index (χ2n) is 6.21. The molecule has 2 aromatic rings. The lowest BCUT2D eigenvalue weighted by molar-refractivity contribution is 0.164. The van der Waals surface area contributed by atoms with Gasteiger partial charge in [0.25, 0.3) is 0 Å². The molecule has 2 aliphatic rings. The molecular formula is C17H20N4. The molecule has 0 amide bonds. The first kappa shape index (κ1) is 12.9. The molecule has 0 aromatic carbocycles. The van der Waals surface area contributed by atoms with E-state index in [0.29, 0.717) is 12.1 Å². The van der Waals surface area contributed by atoms with Crippen molar-refractivity contribution in [1.29, 1.82) is 0 Å². The number of hydrogen-bond donors (Lipinski definition) is 0. The predicted octanol–water partition coefficient (Wildman–Crippen LogP) is 2.75. The summed E-state index contributed by atoms with van der Waals surface area (Å²) in [5.74, 6) is 0.891. The third kappa shape index (κ3) is 2.23. The molecule has 2 atom stereocenters. The summed E-state index contributed by atoms with van der Waals surface area (Å²) >= 11 is 0. The third-order valence-corrected chi connectivity index (χ3v) is 4.74. The molecule has 2 aliphatic heterocycles. The predicted molar refractivity (Wildman–Crippen MR) is 80.8 cm³/mol. The van der Waals surface area contributed by atoms with Gasteiger partial charge in [0.05, 0.1) is 11.4 Å². The molecule has 0 saturated carbocycles. The number of aryl methyl sites for hydroxylation is 2. The number of hydrogen-bond acceptors (Lipinski definition) is 4. The van der Waals surface area contributed by atoms with Gasteiger partial charge in [-0.25, -0.2) is 9.97 Å². The van der Waals surface area contributed by atoms with Gasteiger partial charge in [-0.2, -0.15) is 0 Å². The average Bonchev–Trinajstić information content (AvgIpc) is 2.73. The maximum atomic E-state index is 4.66. The van der Waals surface area contributed by atoms with Crippen molar-refractivity contribution in [3.8, 4) is 0 Å². The van der Waals surface area contributed by atoms with Crippen LogP contribution in [0, 0.1) is 13.8 Å². The number of aromatic nitrogens is 3. The third-order valence-electron chi connectivity index (χ3n) is 4.74. The van der Waals surface area contributed by atoms with E-state index in [1.54, 1.807) is 0 Å². The van der Waals surface area contributed by atoms with Gasteiger partial charge < -0.3 is 0 Å². The summed E-state index contributed by atoms with van der Waals surface area (Å²) in [6.07, 6.45) is 5.57. The molecule has 0 aliphatic carbocycles. The summed E-state index contributed by atoms with van der Waals surface area (Å²) in [5, 5.41) is 0. The molecule has 2 aromatic heterocycles. The van der Waals surface area contributed by atoms with Gasteiger partial charge in [-0.15, -0.1) is 0 Å². The van der Waals surface area contributed by atoms with Crippen LogP contribution >= 0.6 is 0 Å². The Morgan fingerprint density at radius 3 is 2.95 bits per heavy atom. The van der Waals surface area contributed by atoms with Crippen molar-refractivity contribution >= 4 is 0 Å². The van der Waals surface area contributed by atoms with Crippen molar-refractivity contribution in [3.63, 3.8) is 0 Å². The zero-order chi connectivity index (χ0) is 14.4. The minimum Gasteiger partial charge on any atom is -0.287 e. The lowest BCUT2D eigenvalue weighted by atomic mass is 9.99. The highest BCUT2D eigenvalue weighted by Crippen LogP contribution is 2.43. The molecule has 4 heteroatoms. The van der Waals surface area contributed by atoms with Crippen LogP contribution in [0.15, 0.2) is 24.4 Å². The van der Waals surface area contributed by atoms with E-state index in [4.69, 9.17) is 0 Å². The molecule has 4 rings (SSSR count). The van der Waals surface area contributed by atoms with Crippen molar-refractivity contribution in [2.24, 2.45) is 0 Å². The Labute approximate surface area is 125 Å². The zero-order valence-corrected chi connectivity index (χ0v) is 12.6. The van der Waals surface area contributed by atoms with E-state index < -0.39 is 0 Å². The molecule has 1 fully saturated rings. The van der Waals surface area contributed by atoms with Crippen LogP contribution in [0.4, 0.5) is 0 Å². The normalized spacial score (nSPS) is 24.1. The van der Waals surface area contributed by atoms with Crippen LogP contribution in [0.25, 0.3) is 0 Å². The van der Waals surface area contributed by atoms with Crippen LogP contribution in [-0.2, 0) is 13.0 Å². The molecule has 0 N–H and O–H groups in total. The maximum Gasteiger partial charge on any atom is 0.125 e. The van der Waals surface area contributed by atoms with Crippen molar-refractivity contribution in [3.05, 3.63) is 52.9 Å². The topological polar surface area (TPSA) is 41.9 Å². The maximum absolute atomic E-state index is 4.66. The molecule has 108 valence electrons. The SMILES string of the molecule is Cc1cccc(CN2[C@H]3CC[C@@H]2c2cnc(C)nc2C3)n1. The molecule has 0 spiro atoms. The zero-order valence-electron chi connectivity index (χ0n) is 12.6. The van der Waals surface area contributed by atoms with E-state index >= 15 is 0 Å². The van der Waals surface area contributed by atoms with Gasteiger partial charge in [-0.3, -0.25) is 9.88 Å². The van der Waals surface area contributed by atoms with Crippen LogP contribution in [-0.4, -0.2) is 25.9 Å². The van der Waals surface area contributed by atoms with Crippen LogP contribution in [0.1, 0.15) is 47.4 Å². The highest BCUT2D eigenvalue weighted by atomic mass is 15.2. The van der Waals surface area contributed by atoms with Crippen LogP contribution in [0.5, 0.6) is 0 Å². The molecule has 4 heterocycles. The Balaban J connectivity index is 1.65. The molecular weight excluding hydrogens is 260 g/mol. The Morgan fingerprint density at radius 2 is 2.10 bits per heavy atom. The number of pyridine rings is 1. The van der Waals surface area contributed by atoms with E-state index in [0.717, 1.165) is 24.5 Å². The van der Waals surface area contributed by atoms with Crippen molar-refractivity contribution in [2.45, 2.75) is 51.7 Å². The summed E-state index contributed by atoms with van der Waals surface area (Å²) in [6.45, 7) is 4.97. The van der Waals surface area contributed by atoms with Crippen LogP contribution in [0.3, 0.4) is 0 Å². The second-order valence-corrected chi connectivity index (χ2v) is 6.21. The summed E-state index contributed by atoms with van der Waals surface area (Å²) in [4.78, 5) is 16.3. The van der Waals surface area contributed by atoms with Gasteiger partial charge >= 0.3 is 0 Å². The number of rotatable bonds is 2. The van der Waals surface area contributed by atoms with Gasteiger partial charge in [0.2, 0.25) is 0 Å². The second kappa shape index (κ2) is 4.88. The fraction of sp³-hybridized carbons (Fsp3) is 0.471. The lowest BCUT2D eigenvalue weighted by Gasteiger charge is -2.35. The Kier molecular flexibility index (Phi) is 3.00. The van der Waals surface area contributed by atoms with E-state index in [9.17, 15) is 0 Å². The van der Waals surface area contributed by atoms with Gasteiger partial charge in [0, 0.05) is 42.5 Å². The van der Waals surface area contributed by atoms with E-state index in [-0.39, 0.29) is 0 Å². The van der Waals surface area contributed by atoms with Crippen molar-refractivity contribution < 1.29 is 0 Å². The van der Waals surface area contributed by atoms with Crippen molar-refractivity contribution in [2.75, 3.05) is 0 Å². The molecule has 4 nitrogen and oxygen atoms in total. The standard InChI is InChI=1S/C17H20N4/c1-11-4-3-5-13(19-11)10-21-14-6-7-17(21)15-9-18-12(2)20-16(15)8-14/h3-5,9,14,17H,6-8,10H2,1-2H3/t14-,17+/m0/s1.